The van der Waals surface area contributed by atoms with Gasteiger partial charge in [0.2, 0.25) is 0 Å². The molecule has 1 heterocycles. The Bertz CT molecular complexity index is 715. The highest BCUT2D eigenvalue weighted by Gasteiger charge is 2.11. The van der Waals surface area contributed by atoms with Crippen LogP contribution < -0.4 is 5.73 Å². The summed E-state index contributed by atoms with van der Waals surface area (Å²) in [6.07, 6.45) is 1.88. The van der Waals surface area contributed by atoms with Gasteiger partial charge in [-0.1, -0.05) is 49.4 Å². The second-order valence-corrected chi connectivity index (χ2v) is 6.19. The normalized spacial score (nSPS) is 10.7. The SMILES string of the molecule is CCc1sc(Cc2ccc(N)cc2)nc1-c1ccccc1. The molecule has 2 N–H and O–H groups in total. The number of hydrogen-bond donors (Lipinski definition) is 1. The van der Waals surface area contributed by atoms with Crippen molar-refractivity contribution >= 4 is 17.0 Å². The van der Waals surface area contributed by atoms with Crippen molar-refractivity contribution in [2.45, 2.75) is 19.8 Å². The van der Waals surface area contributed by atoms with Crippen LogP contribution in [0.5, 0.6) is 0 Å². The number of hydrogen-bond acceptors (Lipinski definition) is 3. The average molecular weight is 294 g/mol. The summed E-state index contributed by atoms with van der Waals surface area (Å²) in [4.78, 5) is 6.21. The standard InChI is InChI=1S/C18H18N2S/c1-2-16-18(14-6-4-3-5-7-14)20-17(21-16)12-13-8-10-15(19)11-9-13/h3-11H,2,12,19H2,1H3. The van der Waals surface area contributed by atoms with Gasteiger partial charge in [0.05, 0.1) is 10.7 Å². The van der Waals surface area contributed by atoms with E-state index in [1.165, 1.54) is 16.0 Å². The van der Waals surface area contributed by atoms with Crippen molar-refractivity contribution in [3.63, 3.8) is 0 Å². The molecule has 3 aromatic rings. The molecule has 2 nitrogen and oxygen atoms in total. The summed E-state index contributed by atoms with van der Waals surface area (Å²) >= 11 is 1.81. The predicted octanol–water partition coefficient (Wildman–Crippen LogP) is 4.55. The number of aryl methyl sites for hydroxylation is 1. The quantitative estimate of drug-likeness (QED) is 0.717. The fourth-order valence-corrected chi connectivity index (χ4v) is 3.41. The highest BCUT2D eigenvalue weighted by Crippen LogP contribution is 2.29. The molecule has 3 rings (SSSR count). The lowest BCUT2D eigenvalue weighted by atomic mass is 10.1. The van der Waals surface area contributed by atoms with E-state index in [-0.39, 0.29) is 0 Å². The molecule has 0 aliphatic carbocycles. The van der Waals surface area contributed by atoms with E-state index in [1.807, 2.05) is 29.5 Å². The third-order valence-electron chi connectivity index (χ3n) is 3.45. The average Bonchev–Trinajstić information content (AvgIpc) is 2.93. The van der Waals surface area contributed by atoms with Gasteiger partial charge in [-0.2, -0.15) is 0 Å². The molecule has 0 aliphatic rings. The Balaban J connectivity index is 1.91. The van der Waals surface area contributed by atoms with Crippen molar-refractivity contribution in [1.29, 1.82) is 0 Å². The van der Waals surface area contributed by atoms with Gasteiger partial charge in [-0.3, -0.25) is 0 Å². The topological polar surface area (TPSA) is 38.9 Å². The smallest absolute Gasteiger partial charge is 0.0979 e. The Hall–Kier alpha value is -2.13. The second kappa shape index (κ2) is 6.10. The van der Waals surface area contributed by atoms with Crippen molar-refractivity contribution in [3.05, 3.63) is 70.0 Å². The van der Waals surface area contributed by atoms with E-state index in [4.69, 9.17) is 10.7 Å². The van der Waals surface area contributed by atoms with Crippen molar-refractivity contribution < 1.29 is 0 Å². The fraction of sp³-hybridized carbons (Fsp3) is 0.167. The lowest BCUT2D eigenvalue weighted by Crippen LogP contribution is -1.89. The molecule has 0 saturated heterocycles. The fourth-order valence-electron chi connectivity index (χ4n) is 2.35. The molecule has 0 spiro atoms. The first-order valence-corrected chi connectivity index (χ1v) is 7.96. The Labute approximate surface area is 129 Å². The molecule has 0 radical (unpaired) electrons. The summed E-state index contributed by atoms with van der Waals surface area (Å²) in [6, 6.07) is 18.5. The van der Waals surface area contributed by atoms with Crippen LogP contribution in [0.2, 0.25) is 0 Å². The van der Waals surface area contributed by atoms with Gasteiger partial charge < -0.3 is 5.73 Å². The van der Waals surface area contributed by atoms with Crippen molar-refractivity contribution in [2.24, 2.45) is 0 Å². The summed E-state index contributed by atoms with van der Waals surface area (Å²) in [5.74, 6) is 0. The molecule has 0 bridgehead atoms. The first-order chi connectivity index (χ1) is 10.3. The predicted molar refractivity (Wildman–Crippen MR) is 90.6 cm³/mol. The van der Waals surface area contributed by atoms with Gasteiger partial charge in [0.15, 0.2) is 0 Å². The van der Waals surface area contributed by atoms with Crippen LogP contribution in [0.1, 0.15) is 22.4 Å². The van der Waals surface area contributed by atoms with Crippen LogP contribution in [0.3, 0.4) is 0 Å². The molecule has 2 aromatic carbocycles. The molecule has 0 saturated carbocycles. The van der Waals surface area contributed by atoms with E-state index in [1.54, 1.807) is 0 Å². The van der Waals surface area contributed by atoms with E-state index < -0.39 is 0 Å². The molecule has 0 atom stereocenters. The van der Waals surface area contributed by atoms with Crippen LogP contribution in [0.15, 0.2) is 54.6 Å². The van der Waals surface area contributed by atoms with Crippen LogP contribution in [0.25, 0.3) is 11.3 Å². The zero-order valence-electron chi connectivity index (χ0n) is 12.0. The van der Waals surface area contributed by atoms with Gasteiger partial charge >= 0.3 is 0 Å². The van der Waals surface area contributed by atoms with Crippen molar-refractivity contribution in [3.8, 4) is 11.3 Å². The number of anilines is 1. The number of aromatic nitrogens is 1. The van der Waals surface area contributed by atoms with Gasteiger partial charge in [-0.25, -0.2) is 4.98 Å². The molecule has 106 valence electrons. The third kappa shape index (κ3) is 3.14. The molecular formula is C18H18N2S. The number of thiazole rings is 1. The monoisotopic (exact) mass is 294 g/mol. The number of rotatable bonds is 4. The summed E-state index contributed by atoms with van der Waals surface area (Å²) < 4.78 is 0. The van der Waals surface area contributed by atoms with E-state index in [2.05, 4.69) is 43.3 Å². The Kier molecular flexibility index (Phi) is 4.02. The summed E-state index contributed by atoms with van der Waals surface area (Å²) in [5, 5.41) is 1.16. The van der Waals surface area contributed by atoms with Gasteiger partial charge in [0, 0.05) is 22.5 Å². The molecule has 1 aromatic heterocycles. The first-order valence-electron chi connectivity index (χ1n) is 7.14. The zero-order valence-corrected chi connectivity index (χ0v) is 12.9. The van der Waals surface area contributed by atoms with Gasteiger partial charge in [-0.05, 0) is 24.1 Å². The largest absolute Gasteiger partial charge is 0.399 e. The number of nitrogens with zero attached hydrogens (tertiary/aromatic N) is 1. The lowest BCUT2D eigenvalue weighted by Gasteiger charge is -1.99. The van der Waals surface area contributed by atoms with E-state index in [0.717, 1.165) is 29.2 Å². The summed E-state index contributed by atoms with van der Waals surface area (Å²) in [7, 11) is 0. The van der Waals surface area contributed by atoms with Crippen LogP contribution >= 0.6 is 11.3 Å². The molecule has 0 amide bonds. The van der Waals surface area contributed by atoms with E-state index in [9.17, 15) is 0 Å². The van der Waals surface area contributed by atoms with Crippen molar-refractivity contribution in [1.82, 2.24) is 4.98 Å². The summed E-state index contributed by atoms with van der Waals surface area (Å²) in [6.45, 7) is 2.19. The first kappa shape index (κ1) is 13.8. The zero-order chi connectivity index (χ0) is 14.7. The maximum atomic E-state index is 5.73. The van der Waals surface area contributed by atoms with Gasteiger partial charge in [-0.15, -0.1) is 11.3 Å². The second-order valence-electron chi connectivity index (χ2n) is 5.02. The molecule has 0 fully saturated rings. The minimum atomic E-state index is 0.803. The van der Waals surface area contributed by atoms with Crippen LogP contribution in [0, 0.1) is 0 Å². The van der Waals surface area contributed by atoms with Gasteiger partial charge in [0.25, 0.3) is 0 Å². The number of benzene rings is 2. The van der Waals surface area contributed by atoms with Crippen LogP contribution in [0.4, 0.5) is 5.69 Å². The minimum absolute atomic E-state index is 0.803. The highest BCUT2D eigenvalue weighted by atomic mass is 32.1. The maximum Gasteiger partial charge on any atom is 0.0979 e. The maximum absolute atomic E-state index is 5.73. The molecular weight excluding hydrogens is 276 g/mol. The molecule has 21 heavy (non-hydrogen) atoms. The van der Waals surface area contributed by atoms with Crippen molar-refractivity contribution in [2.75, 3.05) is 5.73 Å². The van der Waals surface area contributed by atoms with Crippen LogP contribution in [-0.4, -0.2) is 4.98 Å². The van der Waals surface area contributed by atoms with E-state index >= 15 is 0 Å². The van der Waals surface area contributed by atoms with Gasteiger partial charge in [0.1, 0.15) is 0 Å². The molecule has 0 unspecified atom stereocenters. The Morgan fingerprint density at radius 1 is 1.00 bits per heavy atom. The Morgan fingerprint density at radius 2 is 1.71 bits per heavy atom. The highest BCUT2D eigenvalue weighted by molar-refractivity contribution is 7.12. The van der Waals surface area contributed by atoms with E-state index in [0.29, 0.717) is 0 Å². The lowest BCUT2D eigenvalue weighted by molar-refractivity contribution is 1.12. The molecule has 0 aliphatic heterocycles. The number of nitrogen functional groups attached to an aromatic ring is 1. The third-order valence-corrected chi connectivity index (χ3v) is 4.64. The summed E-state index contributed by atoms with van der Waals surface area (Å²) in [5.41, 5.74) is 10.1. The minimum Gasteiger partial charge on any atom is -0.399 e. The van der Waals surface area contributed by atoms with Crippen LogP contribution in [-0.2, 0) is 12.8 Å². The molecule has 3 heteroatoms. The number of nitrogens with two attached hydrogens (primary N) is 1. The Morgan fingerprint density at radius 3 is 2.38 bits per heavy atom.